The highest BCUT2D eigenvalue weighted by atomic mass is 35.5. The third-order valence-corrected chi connectivity index (χ3v) is 6.75. The minimum Gasteiger partial charge on any atom is -0.396 e. The van der Waals surface area contributed by atoms with E-state index < -0.39 is 0 Å². The molecule has 0 aliphatic rings. The van der Waals surface area contributed by atoms with Crippen molar-refractivity contribution in [1.29, 1.82) is 0 Å². The number of carbonyl (C=O) groups excluding carboxylic acids is 2. The largest absolute Gasteiger partial charge is 0.396 e. The molecule has 0 radical (unpaired) electrons. The van der Waals surface area contributed by atoms with Gasteiger partial charge in [-0.25, -0.2) is 0 Å². The van der Waals surface area contributed by atoms with Gasteiger partial charge in [0.25, 0.3) is 11.8 Å². The van der Waals surface area contributed by atoms with Crippen molar-refractivity contribution in [1.82, 2.24) is 10.6 Å². The second-order valence-electron chi connectivity index (χ2n) is 6.11. The molecule has 0 saturated heterocycles. The van der Waals surface area contributed by atoms with Gasteiger partial charge >= 0.3 is 0 Å². The van der Waals surface area contributed by atoms with Crippen LogP contribution in [0.4, 0.5) is 0 Å². The van der Waals surface area contributed by atoms with E-state index in [1.54, 1.807) is 36.4 Å². The Morgan fingerprint density at radius 1 is 0.767 bits per heavy atom. The maximum Gasteiger partial charge on any atom is 0.252 e. The Kier molecular flexibility index (Phi) is 10.8. The summed E-state index contributed by atoms with van der Waals surface area (Å²) in [5.74, 6) is -0.535. The number of benzene rings is 2. The normalized spacial score (nSPS) is 10.7. The van der Waals surface area contributed by atoms with Crippen LogP contribution in [-0.4, -0.2) is 48.3 Å². The Labute approximate surface area is 193 Å². The summed E-state index contributed by atoms with van der Waals surface area (Å²) in [7, 11) is 2.59. The molecule has 0 bridgehead atoms. The molecule has 0 aliphatic heterocycles. The summed E-state index contributed by atoms with van der Waals surface area (Å²) in [6, 6.07) is 9.92. The summed E-state index contributed by atoms with van der Waals surface area (Å²) in [5.41, 5.74) is 0.900. The van der Waals surface area contributed by atoms with E-state index in [9.17, 15) is 9.59 Å². The average molecular weight is 489 g/mol. The fourth-order valence-electron chi connectivity index (χ4n) is 2.35. The molecule has 30 heavy (non-hydrogen) atoms. The molecule has 162 valence electrons. The van der Waals surface area contributed by atoms with E-state index in [0.29, 0.717) is 56.9 Å². The third kappa shape index (κ3) is 7.68. The summed E-state index contributed by atoms with van der Waals surface area (Å²) in [4.78, 5) is 26.2. The summed E-state index contributed by atoms with van der Waals surface area (Å²) < 4.78 is 0. The summed E-state index contributed by atoms with van der Waals surface area (Å²) in [6.45, 7) is 0.718. The Balaban J connectivity index is 2.18. The predicted octanol–water partition coefficient (Wildman–Crippen LogP) is 4.02. The first-order valence-corrected chi connectivity index (χ1v) is 12.1. The minimum absolute atomic E-state index is 0.00370. The van der Waals surface area contributed by atoms with Crippen LogP contribution in [0.2, 0.25) is 10.0 Å². The molecule has 2 aromatic carbocycles. The highest BCUT2D eigenvalue weighted by Crippen LogP contribution is 2.42. The average Bonchev–Trinajstić information content (AvgIpc) is 2.72. The van der Waals surface area contributed by atoms with Crippen LogP contribution in [0.1, 0.15) is 33.6 Å². The lowest BCUT2D eigenvalue weighted by molar-refractivity contribution is 0.0939. The lowest BCUT2D eigenvalue weighted by Crippen LogP contribution is -2.25. The third-order valence-electron chi connectivity index (χ3n) is 3.84. The van der Waals surface area contributed by atoms with Gasteiger partial charge in [0.1, 0.15) is 0 Å². The fourth-order valence-corrected chi connectivity index (χ4v) is 5.22. The topological polar surface area (TPSA) is 98.7 Å². The number of hydrogen-bond acceptors (Lipinski definition) is 6. The molecule has 6 nitrogen and oxygen atoms in total. The first-order valence-electron chi connectivity index (χ1n) is 9.18. The number of hydrogen-bond donors (Lipinski definition) is 4. The highest BCUT2D eigenvalue weighted by Gasteiger charge is 2.16. The standard InChI is InChI=1S/C20H22Cl2N2O4S2/c21-13-3-5-15(19(27)23-7-1-9-25)17(11-13)29-30-18-12-14(22)4-6-16(18)20(28)24-8-2-10-26/h3-6,11-12,25-26H,1-2,7-10H2,(H,23,27)(H,24,28). The zero-order valence-corrected chi connectivity index (χ0v) is 19.1. The summed E-state index contributed by atoms with van der Waals surface area (Å²) in [6.07, 6.45) is 0.932. The number of carbonyl (C=O) groups is 2. The van der Waals surface area contributed by atoms with E-state index >= 15 is 0 Å². The monoisotopic (exact) mass is 488 g/mol. The van der Waals surface area contributed by atoms with E-state index in [-0.39, 0.29) is 25.0 Å². The minimum atomic E-state index is -0.267. The van der Waals surface area contributed by atoms with Crippen LogP contribution in [0, 0.1) is 0 Å². The molecule has 0 unspecified atom stereocenters. The van der Waals surface area contributed by atoms with Gasteiger partial charge in [0, 0.05) is 46.1 Å². The van der Waals surface area contributed by atoms with Gasteiger partial charge in [-0.1, -0.05) is 44.8 Å². The Morgan fingerprint density at radius 2 is 1.17 bits per heavy atom. The van der Waals surface area contributed by atoms with Gasteiger partial charge < -0.3 is 20.8 Å². The van der Waals surface area contributed by atoms with Crippen molar-refractivity contribution in [3.05, 3.63) is 57.6 Å². The Bertz CT molecular complexity index is 812. The number of aliphatic hydroxyl groups excluding tert-OH is 2. The fraction of sp³-hybridized carbons (Fsp3) is 0.300. The van der Waals surface area contributed by atoms with Gasteiger partial charge in [0.15, 0.2) is 0 Å². The number of amides is 2. The van der Waals surface area contributed by atoms with E-state index in [0.717, 1.165) is 0 Å². The predicted molar refractivity (Wildman–Crippen MR) is 123 cm³/mol. The van der Waals surface area contributed by atoms with Crippen molar-refractivity contribution in [3.8, 4) is 0 Å². The second-order valence-corrected chi connectivity index (χ2v) is 9.20. The van der Waals surface area contributed by atoms with Gasteiger partial charge in [-0.05, 0) is 49.2 Å². The van der Waals surface area contributed by atoms with Crippen LogP contribution >= 0.6 is 44.8 Å². The number of aliphatic hydroxyl groups is 2. The van der Waals surface area contributed by atoms with Crippen molar-refractivity contribution in [2.24, 2.45) is 0 Å². The van der Waals surface area contributed by atoms with Gasteiger partial charge in [-0.2, -0.15) is 0 Å². The molecule has 4 N–H and O–H groups in total. The molecule has 0 spiro atoms. The van der Waals surface area contributed by atoms with Crippen LogP contribution in [-0.2, 0) is 0 Å². The van der Waals surface area contributed by atoms with E-state index in [1.165, 1.54) is 21.6 Å². The zero-order valence-electron chi connectivity index (χ0n) is 16.0. The number of rotatable bonds is 11. The van der Waals surface area contributed by atoms with Crippen molar-refractivity contribution >= 4 is 56.6 Å². The molecule has 0 atom stereocenters. The first kappa shape index (κ1) is 24.8. The molecule has 10 heteroatoms. The highest BCUT2D eigenvalue weighted by molar-refractivity contribution is 8.76. The quantitative estimate of drug-likeness (QED) is 0.281. The smallest absolute Gasteiger partial charge is 0.252 e. The molecule has 0 aromatic heterocycles. The van der Waals surface area contributed by atoms with E-state index in [2.05, 4.69) is 10.6 Å². The molecule has 2 aromatic rings. The maximum absolute atomic E-state index is 12.5. The molecular formula is C20H22Cl2N2O4S2. The van der Waals surface area contributed by atoms with Gasteiger partial charge in [-0.3, -0.25) is 9.59 Å². The van der Waals surface area contributed by atoms with Gasteiger partial charge in [0.05, 0.1) is 11.1 Å². The Morgan fingerprint density at radius 3 is 1.53 bits per heavy atom. The Hall–Kier alpha value is -1.42. The van der Waals surface area contributed by atoms with Crippen LogP contribution in [0.3, 0.4) is 0 Å². The summed E-state index contributed by atoms with van der Waals surface area (Å²) >= 11 is 12.2. The van der Waals surface area contributed by atoms with Crippen LogP contribution in [0.15, 0.2) is 46.2 Å². The molecule has 0 saturated carbocycles. The lowest BCUT2D eigenvalue weighted by Gasteiger charge is -2.12. The van der Waals surface area contributed by atoms with Crippen LogP contribution < -0.4 is 10.6 Å². The van der Waals surface area contributed by atoms with Gasteiger partial charge in [-0.15, -0.1) is 0 Å². The molecule has 2 amide bonds. The molecule has 0 heterocycles. The van der Waals surface area contributed by atoms with Crippen LogP contribution in [0.5, 0.6) is 0 Å². The summed E-state index contributed by atoms with van der Waals surface area (Å²) in [5, 5.41) is 24.2. The van der Waals surface area contributed by atoms with Crippen molar-refractivity contribution in [3.63, 3.8) is 0 Å². The number of halogens is 2. The maximum atomic E-state index is 12.5. The molecular weight excluding hydrogens is 467 g/mol. The van der Waals surface area contributed by atoms with Crippen molar-refractivity contribution in [2.75, 3.05) is 26.3 Å². The van der Waals surface area contributed by atoms with Crippen LogP contribution in [0.25, 0.3) is 0 Å². The zero-order chi connectivity index (χ0) is 21.9. The molecule has 0 aliphatic carbocycles. The van der Waals surface area contributed by atoms with E-state index in [1.807, 2.05) is 0 Å². The van der Waals surface area contributed by atoms with Crippen molar-refractivity contribution < 1.29 is 19.8 Å². The van der Waals surface area contributed by atoms with E-state index in [4.69, 9.17) is 33.4 Å². The molecule has 0 fully saturated rings. The number of nitrogens with one attached hydrogen (secondary N) is 2. The van der Waals surface area contributed by atoms with Crippen molar-refractivity contribution in [2.45, 2.75) is 22.6 Å². The molecule has 2 rings (SSSR count). The lowest BCUT2D eigenvalue weighted by atomic mass is 10.2. The second kappa shape index (κ2) is 13.1. The SMILES string of the molecule is O=C(NCCCO)c1ccc(Cl)cc1SSc1cc(Cl)ccc1C(=O)NCCCO. The first-order chi connectivity index (χ1) is 14.5. The van der Waals surface area contributed by atoms with Gasteiger partial charge in [0.2, 0.25) is 0 Å².